The molecule has 33 heavy (non-hydrogen) atoms. The average Bonchev–Trinajstić information content (AvgIpc) is 3.38. The van der Waals surface area contributed by atoms with Crippen molar-refractivity contribution < 1.29 is 0 Å². The van der Waals surface area contributed by atoms with Gasteiger partial charge in [-0.1, -0.05) is 85.5 Å². The molecule has 0 aliphatic heterocycles. The Morgan fingerprint density at radius 1 is 0.636 bits per heavy atom. The second kappa shape index (κ2) is 14.0. The van der Waals surface area contributed by atoms with Gasteiger partial charge in [0.1, 0.15) is 0 Å². The van der Waals surface area contributed by atoms with Crippen molar-refractivity contribution in [2.75, 3.05) is 0 Å². The molecule has 0 N–H and O–H groups in total. The van der Waals surface area contributed by atoms with Crippen molar-refractivity contribution in [3.05, 3.63) is 30.8 Å². The van der Waals surface area contributed by atoms with E-state index in [9.17, 15) is 0 Å². The van der Waals surface area contributed by atoms with Crippen LogP contribution < -0.4 is 0 Å². The standard InChI is InChI=1S/C29H42Br2S2/c1-5-9-11-13-21(8-4)15-17-23-25-19-27(31)32-28(25)22(24-18-26(30)33-29(23)24)16-14-20(7-3)12-10-6-2/h18-21H,5-17H2,1-4H3. The van der Waals surface area contributed by atoms with E-state index in [1.807, 2.05) is 22.7 Å². The zero-order chi connectivity index (χ0) is 23.8. The molecule has 184 valence electrons. The number of thiophene rings is 2. The Morgan fingerprint density at radius 2 is 1.09 bits per heavy atom. The van der Waals surface area contributed by atoms with Gasteiger partial charge in [0.15, 0.2) is 0 Å². The van der Waals surface area contributed by atoms with Crippen molar-refractivity contribution in [3.8, 4) is 0 Å². The Hall–Kier alpha value is 0.1000. The third kappa shape index (κ3) is 7.30. The van der Waals surface area contributed by atoms with Crippen LogP contribution in [-0.4, -0.2) is 0 Å². The number of fused-ring (bicyclic) bond motifs is 2. The van der Waals surface area contributed by atoms with Crippen LogP contribution in [0.1, 0.15) is 109 Å². The molecule has 1 aromatic carbocycles. The molecule has 2 aromatic heterocycles. The lowest BCUT2D eigenvalue weighted by atomic mass is 9.88. The summed E-state index contributed by atoms with van der Waals surface area (Å²) >= 11 is 11.6. The van der Waals surface area contributed by atoms with Gasteiger partial charge in [-0.05, 0) is 103 Å². The predicted molar refractivity (Wildman–Crippen MR) is 160 cm³/mol. The van der Waals surface area contributed by atoms with Crippen LogP contribution in [0.3, 0.4) is 0 Å². The number of benzene rings is 1. The molecule has 0 aliphatic carbocycles. The smallest absolute Gasteiger partial charge is 0.0711 e. The quantitative estimate of drug-likeness (QED) is 0.149. The van der Waals surface area contributed by atoms with E-state index in [4.69, 9.17) is 0 Å². The largest absolute Gasteiger partial charge is 0.128 e. The lowest BCUT2D eigenvalue weighted by Crippen LogP contribution is -2.03. The molecule has 3 aromatic rings. The van der Waals surface area contributed by atoms with E-state index >= 15 is 0 Å². The van der Waals surface area contributed by atoms with E-state index in [2.05, 4.69) is 71.7 Å². The van der Waals surface area contributed by atoms with Gasteiger partial charge in [-0.25, -0.2) is 0 Å². The first kappa shape index (κ1) is 27.7. The minimum absolute atomic E-state index is 0.855. The second-order valence-corrected chi connectivity index (χ2v) is 14.7. The lowest BCUT2D eigenvalue weighted by molar-refractivity contribution is 0.417. The fourth-order valence-corrected chi connectivity index (χ4v) is 8.76. The molecular formula is C29H42Br2S2. The van der Waals surface area contributed by atoms with Gasteiger partial charge in [-0.2, -0.15) is 0 Å². The molecule has 0 fully saturated rings. The van der Waals surface area contributed by atoms with Gasteiger partial charge < -0.3 is 0 Å². The van der Waals surface area contributed by atoms with Crippen LogP contribution in [-0.2, 0) is 12.8 Å². The fourth-order valence-electron chi connectivity index (χ4n) is 5.34. The van der Waals surface area contributed by atoms with Gasteiger partial charge in [-0.3, -0.25) is 0 Å². The van der Waals surface area contributed by atoms with Gasteiger partial charge in [-0.15, -0.1) is 22.7 Å². The Morgan fingerprint density at radius 3 is 1.52 bits per heavy atom. The Labute approximate surface area is 227 Å². The van der Waals surface area contributed by atoms with E-state index in [1.54, 1.807) is 20.5 Å². The zero-order valence-electron chi connectivity index (χ0n) is 21.1. The van der Waals surface area contributed by atoms with Gasteiger partial charge in [0.25, 0.3) is 0 Å². The summed E-state index contributed by atoms with van der Waals surface area (Å²) < 4.78 is 5.65. The van der Waals surface area contributed by atoms with Crippen LogP contribution in [0.2, 0.25) is 0 Å². The summed E-state index contributed by atoms with van der Waals surface area (Å²) in [5.74, 6) is 1.71. The van der Waals surface area contributed by atoms with Crippen LogP contribution in [0.5, 0.6) is 0 Å². The van der Waals surface area contributed by atoms with Gasteiger partial charge in [0, 0.05) is 9.40 Å². The maximum Gasteiger partial charge on any atom is 0.0711 e. The topological polar surface area (TPSA) is 0 Å². The predicted octanol–water partition coefficient (Wildman–Crippen LogP) is 12.3. The van der Waals surface area contributed by atoms with Crippen molar-refractivity contribution in [1.29, 1.82) is 0 Å². The number of hydrogen-bond acceptors (Lipinski definition) is 2. The molecule has 0 radical (unpaired) electrons. The number of aryl methyl sites for hydroxylation is 2. The zero-order valence-corrected chi connectivity index (χ0v) is 25.9. The molecule has 2 atom stereocenters. The third-order valence-electron chi connectivity index (χ3n) is 7.54. The van der Waals surface area contributed by atoms with Crippen molar-refractivity contribution >= 4 is 74.7 Å². The minimum atomic E-state index is 0.855. The highest BCUT2D eigenvalue weighted by atomic mass is 79.9. The van der Waals surface area contributed by atoms with E-state index in [-0.39, 0.29) is 0 Å². The highest BCUT2D eigenvalue weighted by Crippen LogP contribution is 2.45. The van der Waals surface area contributed by atoms with Gasteiger partial charge in [0.2, 0.25) is 0 Å². The molecule has 0 nitrogen and oxygen atoms in total. The molecule has 0 bridgehead atoms. The Bertz CT molecular complexity index is 943. The van der Waals surface area contributed by atoms with Gasteiger partial charge in [0.05, 0.1) is 7.57 Å². The van der Waals surface area contributed by atoms with Gasteiger partial charge >= 0.3 is 0 Å². The normalized spacial score (nSPS) is 13.9. The first-order chi connectivity index (χ1) is 16.0. The molecule has 0 spiro atoms. The summed E-state index contributed by atoms with van der Waals surface area (Å²) in [7, 11) is 0. The number of halogens is 2. The highest BCUT2D eigenvalue weighted by Gasteiger charge is 2.20. The van der Waals surface area contributed by atoms with Crippen LogP contribution in [0.15, 0.2) is 19.7 Å². The summed E-state index contributed by atoms with van der Waals surface area (Å²) in [5.41, 5.74) is 3.21. The van der Waals surface area contributed by atoms with Crippen LogP contribution in [0.4, 0.5) is 0 Å². The number of hydrogen-bond donors (Lipinski definition) is 0. The Balaban J connectivity index is 1.93. The minimum Gasteiger partial charge on any atom is -0.128 e. The summed E-state index contributed by atoms with van der Waals surface area (Å²) in [5, 5.41) is 3.04. The molecule has 2 unspecified atom stereocenters. The SMILES string of the molecule is CCCCCC(CC)CCc1c2cc(Br)sc2c(CCC(CC)CCCC)c2cc(Br)sc12. The maximum atomic E-state index is 3.84. The fraction of sp³-hybridized carbons (Fsp3) is 0.655. The summed E-state index contributed by atoms with van der Waals surface area (Å²) in [4.78, 5) is 0. The molecule has 0 saturated heterocycles. The maximum absolute atomic E-state index is 3.84. The van der Waals surface area contributed by atoms with Crippen molar-refractivity contribution in [2.24, 2.45) is 11.8 Å². The number of unbranched alkanes of at least 4 members (excludes halogenated alkanes) is 3. The molecule has 2 heterocycles. The lowest BCUT2D eigenvalue weighted by Gasteiger charge is -2.18. The first-order valence-corrected chi connectivity index (χ1v) is 16.6. The van der Waals surface area contributed by atoms with Crippen LogP contribution in [0, 0.1) is 11.8 Å². The molecule has 4 heteroatoms. The highest BCUT2D eigenvalue weighted by molar-refractivity contribution is 9.11. The van der Waals surface area contributed by atoms with Crippen LogP contribution >= 0.6 is 54.5 Å². The summed E-state index contributed by atoms with van der Waals surface area (Å²) in [6, 6.07) is 4.83. The van der Waals surface area contributed by atoms with Crippen molar-refractivity contribution in [3.63, 3.8) is 0 Å². The average molecular weight is 615 g/mol. The second-order valence-electron chi connectivity index (χ2n) is 9.81. The molecule has 3 rings (SSSR count). The number of rotatable bonds is 15. The Kier molecular flexibility index (Phi) is 11.7. The molecule has 0 aliphatic rings. The van der Waals surface area contributed by atoms with Crippen molar-refractivity contribution in [2.45, 2.75) is 111 Å². The van der Waals surface area contributed by atoms with E-state index < -0.39 is 0 Å². The van der Waals surface area contributed by atoms with Crippen LogP contribution in [0.25, 0.3) is 20.2 Å². The summed E-state index contributed by atoms with van der Waals surface area (Å²) in [6.07, 6.45) is 17.2. The van der Waals surface area contributed by atoms with E-state index in [0.29, 0.717) is 0 Å². The van der Waals surface area contributed by atoms with E-state index in [0.717, 1.165) is 11.8 Å². The van der Waals surface area contributed by atoms with Crippen molar-refractivity contribution in [1.82, 2.24) is 0 Å². The molecular weight excluding hydrogens is 572 g/mol. The summed E-state index contributed by atoms with van der Waals surface area (Å²) in [6.45, 7) is 9.39. The first-order valence-electron chi connectivity index (χ1n) is 13.3. The molecule has 0 saturated carbocycles. The van der Waals surface area contributed by atoms with E-state index in [1.165, 1.54) is 102 Å². The third-order valence-corrected chi connectivity index (χ3v) is 10.9. The molecule has 0 amide bonds. The monoisotopic (exact) mass is 612 g/mol.